The molecule has 0 radical (unpaired) electrons. The van der Waals surface area contributed by atoms with Gasteiger partial charge in [0.05, 0.1) is 11.5 Å². The van der Waals surface area contributed by atoms with E-state index in [1.807, 2.05) is 4.90 Å². The monoisotopic (exact) mass is 469 g/mol. The van der Waals surface area contributed by atoms with Crippen LogP contribution in [0.25, 0.3) is 5.76 Å². The molecule has 180 valence electrons. The highest BCUT2D eigenvalue weighted by Crippen LogP contribution is 2.52. The Morgan fingerprint density at radius 1 is 1.18 bits per heavy atom. The number of primary amides is 1. The van der Waals surface area contributed by atoms with Crippen LogP contribution in [0.1, 0.15) is 36.5 Å². The van der Waals surface area contributed by atoms with E-state index in [1.54, 1.807) is 20.2 Å². The van der Waals surface area contributed by atoms with Crippen LogP contribution in [0, 0.1) is 17.8 Å². The molecular formula is C24H27N3O7. The summed E-state index contributed by atoms with van der Waals surface area (Å²) in [5, 5.41) is 35.5. The van der Waals surface area contributed by atoms with Crippen molar-refractivity contribution in [2.45, 2.75) is 32.7 Å². The summed E-state index contributed by atoms with van der Waals surface area (Å²) < 4.78 is 0. The molecule has 0 spiro atoms. The van der Waals surface area contributed by atoms with Crippen LogP contribution in [0.3, 0.4) is 0 Å². The van der Waals surface area contributed by atoms with Crippen LogP contribution in [0.5, 0.6) is 5.75 Å². The van der Waals surface area contributed by atoms with Crippen LogP contribution >= 0.6 is 0 Å². The third-order valence-corrected chi connectivity index (χ3v) is 6.95. The first kappa shape index (κ1) is 23.3. The third kappa shape index (κ3) is 3.49. The van der Waals surface area contributed by atoms with Crippen molar-refractivity contribution < 1.29 is 34.5 Å². The Morgan fingerprint density at radius 2 is 1.85 bits per heavy atom. The second-order valence-electron chi connectivity index (χ2n) is 9.31. The number of benzene rings is 1. The highest BCUT2D eigenvalue weighted by molar-refractivity contribution is 6.21. The lowest BCUT2D eigenvalue weighted by atomic mass is 9.61. The van der Waals surface area contributed by atoms with E-state index in [-0.39, 0.29) is 35.8 Å². The number of aromatic hydroxyl groups is 1. The number of carbonyl (C=O) groups excluding carboxylic acids is 4. The molecule has 10 nitrogen and oxygen atoms in total. The minimum Gasteiger partial charge on any atom is -0.511 e. The van der Waals surface area contributed by atoms with Gasteiger partial charge in [-0.2, -0.15) is 0 Å². The summed E-state index contributed by atoms with van der Waals surface area (Å²) in [6.07, 6.45) is 0.558. The van der Waals surface area contributed by atoms with Gasteiger partial charge >= 0.3 is 0 Å². The molecule has 0 heterocycles. The number of fused-ring (bicyclic) bond motifs is 3. The van der Waals surface area contributed by atoms with Crippen molar-refractivity contribution in [1.82, 2.24) is 5.32 Å². The number of nitrogens with two attached hydrogens (primary N) is 1. The molecule has 1 saturated carbocycles. The maximum absolute atomic E-state index is 13.5. The first-order chi connectivity index (χ1) is 15.9. The largest absolute Gasteiger partial charge is 0.511 e. The number of Topliss-reactive ketones (excluding diaryl/α,β-unsaturated/α-hetero) is 2. The van der Waals surface area contributed by atoms with Gasteiger partial charge in [0.1, 0.15) is 22.8 Å². The average Bonchev–Trinajstić information content (AvgIpc) is 2.71. The van der Waals surface area contributed by atoms with Crippen molar-refractivity contribution in [2.24, 2.45) is 23.5 Å². The predicted octanol–water partition coefficient (Wildman–Crippen LogP) is 1.01. The summed E-state index contributed by atoms with van der Waals surface area (Å²) in [7, 11) is 3.61. The second kappa shape index (κ2) is 8.19. The number of nitrogens with one attached hydrogen (secondary N) is 1. The molecule has 1 fully saturated rings. The van der Waals surface area contributed by atoms with Crippen molar-refractivity contribution in [1.29, 1.82) is 0 Å². The smallest absolute Gasteiger partial charge is 0.255 e. The summed E-state index contributed by atoms with van der Waals surface area (Å²) in [6, 6.07) is 1.73. The first-order valence-electron chi connectivity index (χ1n) is 11.0. The molecule has 3 aliphatic carbocycles. The molecule has 10 heteroatoms. The molecule has 2 unspecified atom stereocenters. The van der Waals surface area contributed by atoms with Gasteiger partial charge in [-0.3, -0.25) is 19.2 Å². The number of rotatable bonds is 4. The van der Waals surface area contributed by atoms with Gasteiger partial charge < -0.3 is 31.3 Å². The number of nitrogens with zero attached hydrogens (tertiary/aromatic N) is 1. The molecule has 3 aliphatic rings. The van der Waals surface area contributed by atoms with Gasteiger partial charge in [-0.25, -0.2) is 0 Å². The zero-order valence-electron chi connectivity index (χ0n) is 19.1. The quantitative estimate of drug-likeness (QED) is 0.407. The topological polar surface area (TPSA) is 170 Å². The number of aliphatic hydroxyl groups is 2. The van der Waals surface area contributed by atoms with E-state index in [9.17, 15) is 34.5 Å². The number of amides is 2. The minimum absolute atomic E-state index is 0.0214. The van der Waals surface area contributed by atoms with Crippen molar-refractivity contribution in [3.05, 3.63) is 39.7 Å². The molecule has 1 aromatic rings. The number of aliphatic hydroxyl groups excluding tert-OH is 2. The molecule has 4 rings (SSSR count). The lowest BCUT2D eigenvalue weighted by Crippen LogP contribution is -2.44. The van der Waals surface area contributed by atoms with Gasteiger partial charge in [-0.15, -0.1) is 0 Å². The highest BCUT2D eigenvalue weighted by Gasteiger charge is 2.51. The summed E-state index contributed by atoms with van der Waals surface area (Å²) in [4.78, 5) is 50.8. The maximum atomic E-state index is 13.5. The van der Waals surface area contributed by atoms with Crippen molar-refractivity contribution >= 4 is 34.8 Å². The molecule has 34 heavy (non-hydrogen) atoms. The standard InChI is InChI=1S/C24H27N3O7/c1-9(28)26-8-12-6-14(27(2)3)13-5-10-4-11-7-15(29)19(24(25)34)23(33)17(11)21(31)16(10)22(32)18(13)20(12)30/h6,10-11,17,30,32-33H,4-5,7-8H2,1-3H3,(H2,25,34)(H,26,28)/t10-,11?,17?/m1/s1. The number of hydrogen-bond donors (Lipinski definition) is 5. The summed E-state index contributed by atoms with van der Waals surface area (Å²) in [6.45, 7) is 1.37. The lowest BCUT2D eigenvalue weighted by molar-refractivity contribution is -0.127. The molecule has 3 atom stereocenters. The van der Waals surface area contributed by atoms with Gasteiger partial charge in [-0.1, -0.05) is 0 Å². The molecule has 1 aromatic carbocycles. The van der Waals surface area contributed by atoms with Crippen LogP contribution in [0.2, 0.25) is 0 Å². The first-order valence-corrected chi connectivity index (χ1v) is 11.0. The van der Waals surface area contributed by atoms with E-state index < -0.39 is 52.3 Å². The van der Waals surface area contributed by atoms with E-state index in [0.29, 0.717) is 29.7 Å². The number of phenols is 1. The zero-order valence-corrected chi connectivity index (χ0v) is 19.1. The Balaban J connectivity index is 1.88. The number of anilines is 1. The molecule has 0 saturated heterocycles. The highest BCUT2D eigenvalue weighted by atomic mass is 16.3. The summed E-state index contributed by atoms with van der Waals surface area (Å²) in [5.74, 6) is -5.99. The van der Waals surface area contributed by atoms with Crippen LogP contribution in [0.4, 0.5) is 5.69 Å². The van der Waals surface area contributed by atoms with Crippen molar-refractivity contribution in [3.63, 3.8) is 0 Å². The van der Waals surface area contributed by atoms with E-state index >= 15 is 0 Å². The minimum atomic E-state index is -1.16. The number of carbonyl (C=O) groups is 4. The van der Waals surface area contributed by atoms with Crippen LogP contribution < -0.4 is 16.0 Å². The summed E-state index contributed by atoms with van der Waals surface area (Å²) >= 11 is 0. The van der Waals surface area contributed by atoms with Gasteiger partial charge in [0.15, 0.2) is 11.6 Å². The van der Waals surface area contributed by atoms with Gasteiger partial charge in [-0.05, 0) is 36.3 Å². The fraction of sp³-hybridized carbons (Fsp3) is 0.417. The van der Waals surface area contributed by atoms with Crippen molar-refractivity contribution in [3.8, 4) is 5.75 Å². The Kier molecular flexibility index (Phi) is 5.63. The fourth-order valence-corrected chi connectivity index (χ4v) is 5.50. The lowest BCUT2D eigenvalue weighted by Gasteiger charge is -2.41. The van der Waals surface area contributed by atoms with Crippen LogP contribution in [-0.2, 0) is 32.1 Å². The fourth-order valence-electron chi connectivity index (χ4n) is 5.50. The number of hydrogen-bond acceptors (Lipinski definition) is 8. The van der Waals surface area contributed by atoms with Gasteiger partial charge in [0.2, 0.25) is 5.91 Å². The predicted molar refractivity (Wildman–Crippen MR) is 122 cm³/mol. The van der Waals surface area contributed by atoms with E-state index in [2.05, 4.69) is 5.32 Å². The maximum Gasteiger partial charge on any atom is 0.255 e. The molecule has 6 N–H and O–H groups in total. The SMILES string of the molecule is CC(=O)NCc1cc(N(C)C)c2c(c1O)C(O)=C1C(=O)C3C(O)=C(C(N)=O)C(=O)CC3C[C@@H]1C2. The Bertz CT molecular complexity index is 1210. The Hall–Kier alpha value is -3.82. The normalized spacial score (nSPS) is 23.8. The molecule has 0 aromatic heterocycles. The zero-order chi connectivity index (χ0) is 25.1. The average molecular weight is 469 g/mol. The number of ketones is 2. The van der Waals surface area contributed by atoms with Gasteiger partial charge in [0, 0.05) is 50.8 Å². The third-order valence-electron chi connectivity index (χ3n) is 6.95. The van der Waals surface area contributed by atoms with Crippen LogP contribution in [0.15, 0.2) is 23.0 Å². The number of allylic oxidation sites excluding steroid dienone is 2. The molecular weight excluding hydrogens is 442 g/mol. The Morgan fingerprint density at radius 3 is 2.44 bits per heavy atom. The van der Waals surface area contributed by atoms with E-state index in [4.69, 9.17) is 5.73 Å². The number of phenolic OH excluding ortho intramolecular Hbond substituents is 1. The van der Waals surface area contributed by atoms with Gasteiger partial charge in [0.25, 0.3) is 5.91 Å². The molecule has 0 bridgehead atoms. The second-order valence-corrected chi connectivity index (χ2v) is 9.31. The van der Waals surface area contributed by atoms with E-state index in [1.165, 1.54) is 6.92 Å². The van der Waals surface area contributed by atoms with Crippen molar-refractivity contribution in [2.75, 3.05) is 19.0 Å². The molecule has 2 amide bonds. The van der Waals surface area contributed by atoms with E-state index in [0.717, 1.165) is 0 Å². The molecule has 0 aliphatic heterocycles. The van der Waals surface area contributed by atoms with Crippen LogP contribution in [-0.4, -0.2) is 52.8 Å². The summed E-state index contributed by atoms with van der Waals surface area (Å²) in [5.41, 5.74) is 6.57. The Labute approximate surface area is 195 Å².